The predicted molar refractivity (Wildman–Crippen MR) is 83.9 cm³/mol. The smallest absolute Gasteiger partial charge is 0.306 e. The van der Waals surface area contributed by atoms with Gasteiger partial charge in [-0.3, -0.25) is 9.59 Å². The Kier molecular flexibility index (Phi) is 4.17. The fourth-order valence-corrected chi connectivity index (χ4v) is 2.97. The van der Waals surface area contributed by atoms with Crippen LogP contribution in [0, 0.1) is 0 Å². The summed E-state index contributed by atoms with van der Waals surface area (Å²) >= 11 is 3.40. The summed E-state index contributed by atoms with van der Waals surface area (Å²) in [5.41, 5.74) is 1.39. The number of hydrogen-bond donors (Lipinski definition) is 2. The number of benzene rings is 1. The second-order valence-electron chi connectivity index (χ2n) is 5.26. The van der Waals surface area contributed by atoms with Gasteiger partial charge in [0.15, 0.2) is 0 Å². The van der Waals surface area contributed by atoms with E-state index in [2.05, 4.69) is 20.9 Å². The van der Waals surface area contributed by atoms with Crippen molar-refractivity contribution in [3.05, 3.63) is 34.4 Å². The molecule has 0 radical (unpaired) electrons. The Morgan fingerprint density at radius 2 is 2.23 bits per heavy atom. The average Bonchev–Trinajstić information content (AvgIpc) is 2.89. The molecule has 7 heteroatoms. The third-order valence-corrected chi connectivity index (χ3v) is 4.14. The molecule has 1 aromatic heterocycles. The maximum atomic E-state index is 12.6. The van der Waals surface area contributed by atoms with E-state index in [-0.39, 0.29) is 12.3 Å². The molecule has 116 valence electrons. The van der Waals surface area contributed by atoms with E-state index < -0.39 is 12.1 Å². The quantitative estimate of drug-likeness (QED) is 0.872. The lowest BCUT2D eigenvalue weighted by Crippen LogP contribution is -2.46. The summed E-state index contributed by atoms with van der Waals surface area (Å²) < 4.78 is 6.33. The van der Waals surface area contributed by atoms with Crippen molar-refractivity contribution >= 4 is 38.7 Å². The van der Waals surface area contributed by atoms with Crippen molar-refractivity contribution in [3.8, 4) is 0 Å². The third kappa shape index (κ3) is 3.15. The van der Waals surface area contributed by atoms with Crippen LogP contribution in [0.5, 0.6) is 0 Å². The van der Waals surface area contributed by atoms with Gasteiger partial charge in [0.1, 0.15) is 5.69 Å². The van der Waals surface area contributed by atoms with E-state index in [0.717, 1.165) is 15.4 Å². The SMILES string of the molecule is O=C(O)C[C@H]1CN(C(=O)c2cc3ccc(Br)cc3[nH]2)CCO1. The largest absolute Gasteiger partial charge is 0.481 e. The van der Waals surface area contributed by atoms with Crippen molar-refractivity contribution in [2.45, 2.75) is 12.5 Å². The van der Waals surface area contributed by atoms with Gasteiger partial charge in [-0.15, -0.1) is 0 Å². The first kappa shape index (κ1) is 15.1. The molecule has 0 bridgehead atoms. The lowest BCUT2D eigenvalue weighted by atomic mass is 10.2. The summed E-state index contributed by atoms with van der Waals surface area (Å²) in [5.74, 6) is -1.05. The van der Waals surface area contributed by atoms with Gasteiger partial charge < -0.3 is 19.7 Å². The fourth-order valence-electron chi connectivity index (χ4n) is 2.61. The number of ether oxygens (including phenoxy) is 1. The van der Waals surface area contributed by atoms with Crippen LogP contribution >= 0.6 is 15.9 Å². The molecule has 1 atom stereocenters. The van der Waals surface area contributed by atoms with E-state index >= 15 is 0 Å². The third-order valence-electron chi connectivity index (χ3n) is 3.64. The zero-order valence-corrected chi connectivity index (χ0v) is 13.3. The summed E-state index contributed by atoms with van der Waals surface area (Å²) in [4.78, 5) is 28.1. The van der Waals surface area contributed by atoms with Gasteiger partial charge in [-0.25, -0.2) is 0 Å². The first-order chi connectivity index (χ1) is 10.5. The number of aromatic nitrogens is 1. The highest BCUT2D eigenvalue weighted by Gasteiger charge is 2.27. The van der Waals surface area contributed by atoms with Gasteiger partial charge >= 0.3 is 5.97 Å². The van der Waals surface area contributed by atoms with E-state index in [0.29, 0.717) is 25.4 Å². The Labute approximate surface area is 135 Å². The summed E-state index contributed by atoms with van der Waals surface area (Å²) in [6.07, 6.45) is -0.544. The number of H-pyrrole nitrogens is 1. The Morgan fingerprint density at radius 1 is 1.41 bits per heavy atom. The zero-order valence-electron chi connectivity index (χ0n) is 11.7. The number of aliphatic carboxylic acids is 1. The number of fused-ring (bicyclic) bond motifs is 1. The minimum absolute atomic E-state index is 0.0938. The highest BCUT2D eigenvalue weighted by molar-refractivity contribution is 9.10. The van der Waals surface area contributed by atoms with E-state index in [1.807, 2.05) is 24.3 Å². The molecule has 0 spiro atoms. The molecule has 1 aliphatic heterocycles. The van der Waals surface area contributed by atoms with Crippen LogP contribution in [0.2, 0.25) is 0 Å². The minimum Gasteiger partial charge on any atom is -0.481 e. The molecular formula is C15H15BrN2O4. The molecule has 0 unspecified atom stereocenters. The summed E-state index contributed by atoms with van der Waals surface area (Å²) in [5, 5.41) is 9.79. The van der Waals surface area contributed by atoms with Gasteiger partial charge in [-0.2, -0.15) is 0 Å². The van der Waals surface area contributed by atoms with Crippen molar-refractivity contribution in [1.82, 2.24) is 9.88 Å². The molecule has 3 rings (SSSR count). The molecule has 0 aliphatic carbocycles. The summed E-state index contributed by atoms with van der Waals surface area (Å²) in [7, 11) is 0. The van der Waals surface area contributed by atoms with Crippen molar-refractivity contribution in [2.24, 2.45) is 0 Å². The van der Waals surface area contributed by atoms with Crippen LogP contribution in [0.3, 0.4) is 0 Å². The molecule has 1 amide bonds. The molecule has 6 nitrogen and oxygen atoms in total. The lowest BCUT2D eigenvalue weighted by Gasteiger charge is -2.32. The number of aromatic amines is 1. The van der Waals surface area contributed by atoms with Crippen molar-refractivity contribution in [3.63, 3.8) is 0 Å². The maximum Gasteiger partial charge on any atom is 0.306 e. The number of carbonyl (C=O) groups excluding carboxylic acids is 1. The molecular weight excluding hydrogens is 352 g/mol. The highest BCUT2D eigenvalue weighted by Crippen LogP contribution is 2.21. The second-order valence-corrected chi connectivity index (χ2v) is 6.17. The van der Waals surface area contributed by atoms with Crippen LogP contribution in [-0.2, 0) is 9.53 Å². The number of hydrogen-bond acceptors (Lipinski definition) is 3. The molecule has 1 aromatic carbocycles. The van der Waals surface area contributed by atoms with Gasteiger partial charge in [0.2, 0.25) is 0 Å². The first-order valence-electron chi connectivity index (χ1n) is 6.94. The highest BCUT2D eigenvalue weighted by atomic mass is 79.9. The molecule has 1 aliphatic rings. The van der Waals surface area contributed by atoms with Crippen LogP contribution < -0.4 is 0 Å². The number of amides is 1. The minimum atomic E-state index is -0.922. The lowest BCUT2D eigenvalue weighted by molar-refractivity contribution is -0.141. The Balaban J connectivity index is 1.78. The predicted octanol–water partition coefficient (Wildman–Crippen LogP) is 2.25. The van der Waals surface area contributed by atoms with E-state index in [1.54, 1.807) is 4.90 Å². The number of carbonyl (C=O) groups is 2. The van der Waals surface area contributed by atoms with Gasteiger partial charge in [-0.05, 0) is 18.2 Å². The molecule has 1 fully saturated rings. The van der Waals surface area contributed by atoms with Crippen LogP contribution in [0.15, 0.2) is 28.7 Å². The van der Waals surface area contributed by atoms with Crippen molar-refractivity contribution in [1.29, 1.82) is 0 Å². The van der Waals surface area contributed by atoms with E-state index in [1.165, 1.54) is 0 Å². The number of carboxylic acid groups (broad SMARTS) is 1. The first-order valence-corrected chi connectivity index (χ1v) is 7.73. The molecule has 2 aromatic rings. The van der Waals surface area contributed by atoms with E-state index in [4.69, 9.17) is 9.84 Å². The summed E-state index contributed by atoms with van der Waals surface area (Å²) in [6, 6.07) is 7.58. The normalized spacial score (nSPS) is 18.6. The van der Waals surface area contributed by atoms with Crippen LogP contribution in [-0.4, -0.2) is 52.7 Å². The number of morpholine rings is 1. The summed E-state index contributed by atoms with van der Waals surface area (Å²) in [6.45, 7) is 1.12. The Hall–Kier alpha value is -1.86. The fraction of sp³-hybridized carbons (Fsp3) is 0.333. The standard InChI is InChI=1S/C15H15BrN2O4/c16-10-2-1-9-5-13(17-12(9)6-10)15(21)18-3-4-22-11(8-18)7-14(19)20/h1-2,5-6,11,17H,3-4,7-8H2,(H,19,20)/t11-/m0/s1. The molecule has 2 N–H and O–H groups in total. The van der Waals surface area contributed by atoms with Gasteiger partial charge in [0.05, 0.1) is 19.1 Å². The average molecular weight is 367 g/mol. The van der Waals surface area contributed by atoms with Crippen molar-refractivity contribution < 1.29 is 19.4 Å². The number of halogens is 1. The maximum absolute atomic E-state index is 12.6. The van der Waals surface area contributed by atoms with Gasteiger partial charge in [0.25, 0.3) is 5.91 Å². The molecule has 22 heavy (non-hydrogen) atoms. The van der Waals surface area contributed by atoms with E-state index in [9.17, 15) is 9.59 Å². The Morgan fingerprint density at radius 3 is 3.00 bits per heavy atom. The number of carboxylic acids is 1. The Bertz CT molecular complexity index is 727. The van der Waals surface area contributed by atoms with Gasteiger partial charge in [0, 0.05) is 28.5 Å². The number of rotatable bonds is 3. The van der Waals surface area contributed by atoms with Crippen molar-refractivity contribution in [2.75, 3.05) is 19.7 Å². The van der Waals surface area contributed by atoms with Crippen LogP contribution in [0.1, 0.15) is 16.9 Å². The number of nitrogens with zero attached hydrogens (tertiary/aromatic N) is 1. The second kappa shape index (κ2) is 6.10. The molecule has 1 saturated heterocycles. The van der Waals surface area contributed by atoms with Gasteiger partial charge in [-0.1, -0.05) is 22.0 Å². The molecule has 0 saturated carbocycles. The van der Waals surface area contributed by atoms with Crippen LogP contribution in [0.25, 0.3) is 10.9 Å². The molecule has 2 heterocycles. The number of nitrogens with one attached hydrogen (secondary N) is 1. The topological polar surface area (TPSA) is 82.6 Å². The zero-order chi connectivity index (χ0) is 15.7. The van der Waals surface area contributed by atoms with Crippen LogP contribution in [0.4, 0.5) is 0 Å². The monoisotopic (exact) mass is 366 g/mol.